The predicted octanol–water partition coefficient (Wildman–Crippen LogP) is 1.40. The normalized spacial score (nSPS) is 22.9. The number of rotatable bonds is 7. The summed E-state index contributed by atoms with van der Waals surface area (Å²) in [4.78, 5) is 5.12. The van der Waals surface area contributed by atoms with Crippen molar-refractivity contribution in [1.29, 1.82) is 0 Å². The number of nitrogens with zero attached hydrogens (tertiary/aromatic N) is 2. The Kier molecular flexibility index (Phi) is 5.75. The molecule has 2 aliphatic rings. The maximum Gasteiger partial charge on any atom is 0.0107 e. The van der Waals surface area contributed by atoms with Crippen LogP contribution in [-0.4, -0.2) is 62.7 Å². The van der Waals surface area contributed by atoms with Gasteiger partial charge in [0.15, 0.2) is 0 Å². The standard InChI is InChI=1S/C14H29N3/c1-16(11-6-14-4-2-5-14)9-3-10-17-12-7-15-8-13-17/h14-15H,2-13H2,1H3. The van der Waals surface area contributed by atoms with Gasteiger partial charge in [-0.3, -0.25) is 0 Å². The molecule has 0 spiro atoms. The third-order valence-corrected chi connectivity index (χ3v) is 4.37. The Labute approximate surface area is 107 Å². The SMILES string of the molecule is CN(CCCN1CCNCC1)CCC1CCC1. The first kappa shape index (κ1) is 13.3. The number of hydrogen-bond donors (Lipinski definition) is 1. The Morgan fingerprint density at radius 3 is 2.59 bits per heavy atom. The van der Waals surface area contributed by atoms with Gasteiger partial charge >= 0.3 is 0 Å². The van der Waals surface area contributed by atoms with Gasteiger partial charge in [0.05, 0.1) is 0 Å². The zero-order valence-corrected chi connectivity index (χ0v) is 11.5. The zero-order valence-electron chi connectivity index (χ0n) is 11.5. The van der Waals surface area contributed by atoms with Crippen molar-refractivity contribution in [3.8, 4) is 0 Å². The van der Waals surface area contributed by atoms with Crippen molar-refractivity contribution in [2.75, 3.05) is 52.9 Å². The van der Waals surface area contributed by atoms with E-state index in [1.165, 1.54) is 77.9 Å². The molecule has 2 fully saturated rings. The fourth-order valence-electron chi connectivity index (χ4n) is 2.80. The van der Waals surface area contributed by atoms with Crippen LogP contribution in [0.5, 0.6) is 0 Å². The highest BCUT2D eigenvalue weighted by atomic mass is 15.2. The van der Waals surface area contributed by atoms with Crippen LogP contribution in [0.2, 0.25) is 0 Å². The number of piperazine rings is 1. The molecule has 2 rings (SSSR count). The van der Waals surface area contributed by atoms with Crippen molar-refractivity contribution in [1.82, 2.24) is 15.1 Å². The largest absolute Gasteiger partial charge is 0.314 e. The summed E-state index contributed by atoms with van der Waals surface area (Å²) >= 11 is 0. The van der Waals surface area contributed by atoms with Gasteiger partial charge in [-0.15, -0.1) is 0 Å². The predicted molar refractivity (Wildman–Crippen MR) is 73.4 cm³/mol. The zero-order chi connectivity index (χ0) is 11.9. The van der Waals surface area contributed by atoms with Crippen LogP contribution in [-0.2, 0) is 0 Å². The Hall–Kier alpha value is -0.120. The Morgan fingerprint density at radius 2 is 1.94 bits per heavy atom. The molecule has 1 saturated heterocycles. The van der Waals surface area contributed by atoms with Gasteiger partial charge in [-0.25, -0.2) is 0 Å². The summed E-state index contributed by atoms with van der Waals surface area (Å²) in [6.45, 7) is 8.71. The van der Waals surface area contributed by atoms with Crippen molar-refractivity contribution in [2.24, 2.45) is 5.92 Å². The average molecular weight is 239 g/mol. The van der Waals surface area contributed by atoms with E-state index in [2.05, 4.69) is 22.2 Å². The van der Waals surface area contributed by atoms with E-state index in [-0.39, 0.29) is 0 Å². The van der Waals surface area contributed by atoms with Gasteiger partial charge in [0.2, 0.25) is 0 Å². The molecule has 0 unspecified atom stereocenters. The van der Waals surface area contributed by atoms with Crippen molar-refractivity contribution >= 4 is 0 Å². The first-order chi connectivity index (χ1) is 8.34. The molecule has 1 heterocycles. The molecule has 0 bridgehead atoms. The van der Waals surface area contributed by atoms with Crippen LogP contribution < -0.4 is 5.32 Å². The molecule has 0 aromatic rings. The van der Waals surface area contributed by atoms with Gasteiger partial charge < -0.3 is 15.1 Å². The molecule has 1 saturated carbocycles. The Bertz CT molecular complexity index is 198. The van der Waals surface area contributed by atoms with Crippen LogP contribution in [0.4, 0.5) is 0 Å². The van der Waals surface area contributed by atoms with Gasteiger partial charge in [0.1, 0.15) is 0 Å². The highest BCUT2D eigenvalue weighted by Crippen LogP contribution is 2.29. The van der Waals surface area contributed by atoms with E-state index in [0.717, 1.165) is 5.92 Å². The molecule has 0 aromatic heterocycles. The average Bonchev–Trinajstić information content (AvgIpc) is 2.28. The van der Waals surface area contributed by atoms with E-state index in [1.54, 1.807) is 0 Å². The molecular weight excluding hydrogens is 210 g/mol. The molecule has 0 atom stereocenters. The molecule has 0 amide bonds. The third kappa shape index (κ3) is 4.94. The van der Waals surface area contributed by atoms with E-state index >= 15 is 0 Å². The van der Waals surface area contributed by atoms with Gasteiger partial charge in [-0.05, 0) is 45.4 Å². The van der Waals surface area contributed by atoms with Gasteiger partial charge in [0.25, 0.3) is 0 Å². The van der Waals surface area contributed by atoms with E-state index in [0.29, 0.717) is 0 Å². The van der Waals surface area contributed by atoms with Crippen LogP contribution in [0.1, 0.15) is 32.1 Å². The minimum Gasteiger partial charge on any atom is -0.314 e. The van der Waals surface area contributed by atoms with E-state index in [9.17, 15) is 0 Å². The molecule has 0 radical (unpaired) electrons. The lowest BCUT2D eigenvalue weighted by Gasteiger charge is -2.29. The van der Waals surface area contributed by atoms with Crippen molar-refractivity contribution < 1.29 is 0 Å². The molecule has 0 aromatic carbocycles. The van der Waals surface area contributed by atoms with Crippen LogP contribution in [0, 0.1) is 5.92 Å². The van der Waals surface area contributed by atoms with Gasteiger partial charge in [0, 0.05) is 26.2 Å². The molecular formula is C14H29N3. The molecule has 1 N–H and O–H groups in total. The molecule has 1 aliphatic heterocycles. The van der Waals surface area contributed by atoms with Crippen LogP contribution >= 0.6 is 0 Å². The molecule has 1 aliphatic carbocycles. The lowest BCUT2D eigenvalue weighted by molar-refractivity contribution is 0.208. The summed E-state index contributed by atoms with van der Waals surface area (Å²) in [7, 11) is 2.29. The summed E-state index contributed by atoms with van der Waals surface area (Å²) in [6.07, 6.45) is 7.24. The van der Waals surface area contributed by atoms with E-state index in [1.807, 2.05) is 0 Å². The summed E-state index contributed by atoms with van der Waals surface area (Å²) in [6, 6.07) is 0. The van der Waals surface area contributed by atoms with Crippen LogP contribution in [0.15, 0.2) is 0 Å². The summed E-state index contributed by atoms with van der Waals surface area (Å²) in [5.41, 5.74) is 0. The fourth-order valence-corrected chi connectivity index (χ4v) is 2.80. The van der Waals surface area contributed by atoms with Crippen molar-refractivity contribution in [2.45, 2.75) is 32.1 Å². The van der Waals surface area contributed by atoms with E-state index in [4.69, 9.17) is 0 Å². The van der Waals surface area contributed by atoms with E-state index < -0.39 is 0 Å². The summed E-state index contributed by atoms with van der Waals surface area (Å²) in [5, 5.41) is 3.41. The third-order valence-electron chi connectivity index (χ3n) is 4.37. The smallest absolute Gasteiger partial charge is 0.0107 e. The van der Waals surface area contributed by atoms with Crippen LogP contribution in [0.3, 0.4) is 0 Å². The quantitative estimate of drug-likeness (QED) is 0.724. The second kappa shape index (κ2) is 7.34. The molecule has 3 nitrogen and oxygen atoms in total. The fraction of sp³-hybridized carbons (Fsp3) is 1.00. The second-order valence-electron chi connectivity index (χ2n) is 5.83. The number of hydrogen-bond acceptors (Lipinski definition) is 3. The highest BCUT2D eigenvalue weighted by Gasteiger charge is 2.17. The monoisotopic (exact) mass is 239 g/mol. The van der Waals surface area contributed by atoms with Crippen LogP contribution in [0.25, 0.3) is 0 Å². The minimum absolute atomic E-state index is 1.06. The van der Waals surface area contributed by atoms with Gasteiger partial charge in [-0.1, -0.05) is 19.3 Å². The summed E-state index contributed by atoms with van der Waals surface area (Å²) in [5.74, 6) is 1.06. The first-order valence-electron chi connectivity index (χ1n) is 7.46. The highest BCUT2D eigenvalue weighted by molar-refractivity contribution is 4.71. The molecule has 100 valence electrons. The molecule has 17 heavy (non-hydrogen) atoms. The first-order valence-corrected chi connectivity index (χ1v) is 7.46. The second-order valence-corrected chi connectivity index (χ2v) is 5.83. The van der Waals surface area contributed by atoms with Gasteiger partial charge in [-0.2, -0.15) is 0 Å². The lowest BCUT2D eigenvalue weighted by Crippen LogP contribution is -2.44. The lowest BCUT2D eigenvalue weighted by atomic mass is 9.83. The topological polar surface area (TPSA) is 18.5 Å². The summed E-state index contributed by atoms with van der Waals surface area (Å²) < 4.78 is 0. The maximum absolute atomic E-state index is 3.41. The van der Waals surface area contributed by atoms with Crippen molar-refractivity contribution in [3.05, 3.63) is 0 Å². The Morgan fingerprint density at radius 1 is 1.18 bits per heavy atom. The maximum atomic E-state index is 3.41. The van der Waals surface area contributed by atoms with Crippen molar-refractivity contribution in [3.63, 3.8) is 0 Å². The molecule has 3 heteroatoms. The Balaban J connectivity index is 1.45. The minimum atomic E-state index is 1.06. The number of nitrogens with one attached hydrogen (secondary N) is 1.